The molecular weight excluding hydrogens is 252 g/mol. The van der Waals surface area contributed by atoms with Gasteiger partial charge in [0.15, 0.2) is 9.84 Å². The van der Waals surface area contributed by atoms with Gasteiger partial charge in [-0.25, -0.2) is 8.42 Å². The topological polar surface area (TPSA) is 80.5 Å². The van der Waals surface area contributed by atoms with Crippen molar-refractivity contribution in [3.63, 3.8) is 0 Å². The van der Waals surface area contributed by atoms with Crippen LogP contribution in [0, 0.1) is 0 Å². The van der Waals surface area contributed by atoms with Crippen molar-refractivity contribution in [2.75, 3.05) is 30.3 Å². The van der Waals surface area contributed by atoms with Crippen LogP contribution >= 0.6 is 0 Å². The van der Waals surface area contributed by atoms with Crippen molar-refractivity contribution in [3.8, 4) is 0 Å². The Kier molecular flexibility index (Phi) is 3.56. The summed E-state index contributed by atoms with van der Waals surface area (Å²) in [5.41, 5.74) is 6.71. The summed E-state index contributed by atoms with van der Waals surface area (Å²) in [5.74, 6) is 0.0822. The second-order valence-corrected chi connectivity index (χ2v) is 6.72. The van der Waals surface area contributed by atoms with E-state index in [1.54, 1.807) is 29.2 Å². The maximum atomic E-state index is 12.2. The quantitative estimate of drug-likeness (QED) is 0.753. The minimum Gasteiger partial charge on any atom is -0.399 e. The van der Waals surface area contributed by atoms with E-state index in [1.165, 1.54) is 0 Å². The fourth-order valence-corrected chi connectivity index (χ4v) is 3.22. The lowest BCUT2D eigenvalue weighted by Gasteiger charge is -2.19. The monoisotopic (exact) mass is 268 g/mol. The molecule has 5 nitrogen and oxygen atoms in total. The Morgan fingerprint density at radius 1 is 1.11 bits per heavy atom. The first-order chi connectivity index (χ1) is 8.48. The van der Waals surface area contributed by atoms with Crippen molar-refractivity contribution in [1.29, 1.82) is 0 Å². The fourth-order valence-electron chi connectivity index (χ4n) is 1.95. The third-order valence-electron chi connectivity index (χ3n) is 3.00. The summed E-state index contributed by atoms with van der Waals surface area (Å²) in [4.78, 5) is 13.8. The van der Waals surface area contributed by atoms with Crippen LogP contribution in [0.2, 0.25) is 0 Å². The second-order valence-electron chi connectivity index (χ2n) is 4.42. The second kappa shape index (κ2) is 4.97. The Balaban J connectivity index is 2.12. The molecule has 0 aromatic heterocycles. The summed E-state index contributed by atoms with van der Waals surface area (Å²) < 4.78 is 22.9. The third-order valence-corrected chi connectivity index (χ3v) is 4.72. The number of carbonyl (C=O) groups is 1. The Morgan fingerprint density at radius 3 is 2.44 bits per heavy atom. The third kappa shape index (κ3) is 3.01. The molecule has 1 saturated heterocycles. The molecule has 0 radical (unpaired) electrons. The highest BCUT2D eigenvalue weighted by Gasteiger charge is 2.23. The average Bonchev–Trinajstić information content (AvgIpc) is 2.50. The molecule has 0 atom stereocenters. The van der Waals surface area contributed by atoms with Crippen LogP contribution in [0.1, 0.15) is 16.8 Å². The van der Waals surface area contributed by atoms with Gasteiger partial charge in [-0.3, -0.25) is 4.79 Å². The SMILES string of the molecule is Nc1ccc(C(=O)N2CCCS(=O)(=O)CC2)cc1. The standard InChI is InChI=1S/C12H16N2O3S/c13-11-4-2-10(3-5-11)12(15)14-6-1-8-18(16,17)9-7-14/h2-5H,1,6-9,13H2. The number of nitrogen functional groups attached to an aromatic ring is 1. The Labute approximate surface area is 107 Å². The number of hydrogen-bond donors (Lipinski definition) is 1. The van der Waals surface area contributed by atoms with Crippen LogP contribution in [-0.2, 0) is 9.84 Å². The van der Waals surface area contributed by atoms with Gasteiger partial charge in [0.25, 0.3) is 5.91 Å². The first-order valence-electron chi connectivity index (χ1n) is 5.83. The van der Waals surface area contributed by atoms with Gasteiger partial charge in [-0.05, 0) is 30.7 Å². The normalized spacial score (nSPS) is 19.2. The number of sulfone groups is 1. The minimum atomic E-state index is -2.99. The molecule has 2 N–H and O–H groups in total. The van der Waals surface area contributed by atoms with Crippen LogP contribution in [0.15, 0.2) is 24.3 Å². The first-order valence-corrected chi connectivity index (χ1v) is 7.65. The first kappa shape index (κ1) is 12.9. The van der Waals surface area contributed by atoms with E-state index in [4.69, 9.17) is 5.73 Å². The van der Waals surface area contributed by atoms with E-state index in [2.05, 4.69) is 0 Å². The lowest BCUT2D eigenvalue weighted by atomic mass is 10.2. The van der Waals surface area contributed by atoms with Crippen molar-refractivity contribution in [2.24, 2.45) is 0 Å². The molecule has 0 saturated carbocycles. The van der Waals surface area contributed by atoms with Gasteiger partial charge in [0.05, 0.1) is 11.5 Å². The van der Waals surface area contributed by atoms with Gasteiger partial charge in [0.2, 0.25) is 0 Å². The zero-order valence-electron chi connectivity index (χ0n) is 10.0. The molecule has 1 aromatic rings. The Bertz CT molecular complexity index is 537. The van der Waals surface area contributed by atoms with Gasteiger partial charge < -0.3 is 10.6 Å². The zero-order chi connectivity index (χ0) is 13.2. The van der Waals surface area contributed by atoms with E-state index in [1.807, 2.05) is 0 Å². The molecule has 18 heavy (non-hydrogen) atoms. The molecule has 1 fully saturated rings. The Morgan fingerprint density at radius 2 is 1.78 bits per heavy atom. The lowest BCUT2D eigenvalue weighted by Crippen LogP contribution is -2.33. The van der Waals surface area contributed by atoms with Crippen LogP contribution in [0.3, 0.4) is 0 Å². The number of nitrogens with two attached hydrogens (primary N) is 1. The number of nitrogens with zero attached hydrogens (tertiary/aromatic N) is 1. The molecule has 0 bridgehead atoms. The van der Waals surface area contributed by atoms with Crippen molar-refractivity contribution in [3.05, 3.63) is 29.8 Å². The van der Waals surface area contributed by atoms with Gasteiger partial charge >= 0.3 is 0 Å². The number of anilines is 1. The highest BCUT2D eigenvalue weighted by atomic mass is 32.2. The summed E-state index contributed by atoms with van der Waals surface area (Å²) in [6.45, 7) is 0.758. The smallest absolute Gasteiger partial charge is 0.253 e. The van der Waals surface area contributed by atoms with Crippen molar-refractivity contribution in [1.82, 2.24) is 4.90 Å². The summed E-state index contributed by atoms with van der Waals surface area (Å²) in [5, 5.41) is 0. The number of rotatable bonds is 1. The van der Waals surface area contributed by atoms with Gasteiger partial charge in [0.1, 0.15) is 0 Å². The highest BCUT2D eigenvalue weighted by molar-refractivity contribution is 7.91. The number of amides is 1. The molecule has 98 valence electrons. The summed E-state index contributed by atoms with van der Waals surface area (Å²) in [6.07, 6.45) is 0.503. The van der Waals surface area contributed by atoms with Gasteiger partial charge in [-0.15, -0.1) is 0 Å². The number of benzene rings is 1. The maximum absolute atomic E-state index is 12.2. The molecule has 1 aromatic carbocycles. The van der Waals surface area contributed by atoms with Crippen molar-refractivity contribution < 1.29 is 13.2 Å². The zero-order valence-corrected chi connectivity index (χ0v) is 10.8. The molecular formula is C12H16N2O3S. The predicted molar refractivity (Wildman–Crippen MR) is 70.0 cm³/mol. The molecule has 1 amide bonds. The van der Waals surface area contributed by atoms with E-state index in [-0.39, 0.29) is 24.0 Å². The van der Waals surface area contributed by atoms with E-state index < -0.39 is 9.84 Å². The summed E-state index contributed by atoms with van der Waals surface area (Å²) >= 11 is 0. The van der Waals surface area contributed by atoms with Crippen LogP contribution < -0.4 is 5.73 Å². The lowest BCUT2D eigenvalue weighted by molar-refractivity contribution is 0.0768. The summed E-state index contributed by atoms with van der Waals surface area (Å²) in [7, 11) is -2.99. The maximum Gasteiger partial charge on any atom is 0.253 e. The van der Waals surface area contributed by atoms with Crippen LogP contribution in [-0.4, -0.2) is 43.8 Å². The number of hydrogen-bond acceptors (Lipinski definition) is 4. The van der Waals surface area contributed by atoms with E-state index >= 15 is 0 Å². The minimum absolute atomic E-state index is 0.0493. The van der Waals surface area contributed by atoms with Gasteiger partial charge in [0, 0.05) is 24.3 Å². The molecule has 2 rings (SSSR count). The summed E-state index contributed by atoms with van der Waals surface area (Å²) in [6, 6.07) is 6.66. The van der Waals surface area contributed by atoms with Crippen molar-refractivity contribution in [2.45, 2.75) is 6.42 Å². The van der Waals surface area contributed by atoms with E-state index in [0.717, 1.165) is 0 Å². The molecule has 1 heterocycles. The molecule has 6 heteroatoms. The fraction of sp³-hybridized carbons (Fsp3) is 0.417. The highest BCUT2D eigenvalue weighted by Crippen LogP contribution is 2.12. The van der Waals surface area contributed by atoms with E-state index in [0.29, 0.717) is 24.2 Å². The number of carbonyl (C=O) groups excluding carboxylic acids is 1. The predicted octanol–water partition coefficient (Wildman–Crippen LogP) is 0.530. The van der Waals surface area contributed by atoms with Gasteiger partial charge in [-0.1, -0.05) is 0 Å². The van der Waals surface area contributed by atoms with E-state index in [9.17, 15) is 13.2 Å². The molecule has 0 spiro atoms. The Hall–Kier alpha value is -1.56. The molecule has 1 aliphatic rings. The molecule has 0 unspecified atom stereocenters. The molecule has 1 aliphatic heterocycles. The van der Waals surface area contributed by atoms with Gasteiger partial charge in [-0.2, -0.15) is 0 Å². The molecule has 0 aliphatic carbocycles. The largest absolute Gasteiger partial charge is 0.399 e. The van der Waals surface area contributed by atoms with Crippen molar-refractivity contribution >= 4 is 21.4 Å². The van der Waals surface area contributed by atoms with Crippen LogP contribution in [0.4, 0.5) is 5.69 Å². The van der Waals surface area contributed by atoms with Crippen LogP contribution in [0.25, 0.3) is 0 Å². The van der Waals surface area contributed by atoms with Crippen LogP contribution in [0.5, 0.6) is 0 Å². The average molecular weight is 268 g/mol.